The normalized spacial score (nSPS) is 11.3. The molecule has 5 nitrogen and oxygen atoms in total. The molecule has 0 bridgehead atoms. The van der Waals surface area contributed by atoms with Crippen LogP contribution in [0.25, 0.3) is 10.2 Å². The van der Waals surface area contributed by atoms with Gasteiger partial charge < -0.3 is 5.11 Å². The van der Waals surface area contributed by atoms with Gasteiger partial charge >= 0.3 is 5.97 Å². The fourth-order valence-corrected chi connectivity index (χ4v) is 3.55. The molecular weight excluding hydrogens is 252 g/mol. The molecule has 2 rings (SSSR count). The van der Waals surface area contributed by atoms with Gasteiger partial charge in [0.2, 0.25) is 0 Å². The van der Waals surface area contributed by atoms with Crippen molar-refractivity contribution in [1.82, 2.24) is 9.36 Å². The van der Waals surface area contributed by atoms with E-state index < -0.39 is 5.97 Å². The van der Waals surface area contributed by atoms with E-state index in [-0.39, 0.29) is 12.0 Å². The van der Waals surface area contributed by atoms with Crippen LogP contribution in [0.3, 0.4) is 0 Å². The zero-order chi connectivity index (χ0) is 13.4. The highest BCUT2D eigenvalue weighted by molar-refractivity contribution is 7.18. The maximum absolute atomic E-state index is 12.1. The molecule has 0 radical (unpaired) electrons. The Bertz CT molecular complexity index is 663. The van der Waals surface area contributed by atoms with E-state index in [2.05, 4.69) is 0 Å². The number of hydrogen-bond acceptors (Lipinski definition) is 3. The molecule has 0 atom stereocenters. The number of aliphatic carboxylic acids is 1. The monoisotopic (exact) mass is 268 g/mol. The summed E-state index contributed by atoms with van der Waals surface area (Å²) in [5.74, 6) is -0.891. The first-order valence-electron chi connectivity index (χ1n) is 5.85. The molecule has 0 unspecified atom stereocenters. The van der Waals surface area contributed by atoms with Gasteiger partial charge in [-0.05, 0) is 12.0 Å². The van der Waals surface area contributed by atoms with Crippen molar-refractivity contribution < 1.29 is 9.90 Å². The van der Waals surface area contributed by atoms with E-state index in [1.807, 2.05) is 14.0 Å². The summed E-state index contributed by atoms with van der Waals surface area (Å²) in [7, 11) is 3.51. The number of aromatic nitrogens is 2. The van der Waals surface area contributed by atoms with Gasteiger partial charge in [0, 0.05) is 19.0 Å². The Morgan fingerprint density at radius 3 is 2.56 bits per heavy atom. The predicted octanol–water partition coefficient (Wildman–Crippen LogP) is 1.52. The number of aryl methyl sites for hydroxylation is 2. The third-order valence-corrected chi connectivity index (χ3v) is 4.49. The van der Waals surface area contributed by atoms with Crippen LogP contribution in [-0.4, -0.2) is 20.4 Å². The molecule has 0 aromatic carbocycles. The Labute approximate surface area is 108 Å². The van der Waals surface area contributed by atoms with E-state index in [0.717, 1.165) is 22.5 Å². The molecular formula is C12H16N2O3S. The summed E-state index contributed by atoms with van der Waals surface area (Å²) < 4.78 is 3.30. The van der Waals surface area contributed by atoms with Crippen LogP contribution in [0.1, 0.15) is 23.8 Å². The molecule has 2 aromatic heterocycles. The first-order chi connectivity index (χ1) is 8.47. The number of carboxylic acid groups (broad SMARTS) is 1. The van der Waals surface area contributed by atoms with Gasteiger partial charge in [-0.3, -0.25) is 19.0 Å². The van der Waals surface area contributed by atoms with Crippen LogP contribution in [0, 0.1) is 0 Å². The van der Waals surface area contributed by atoms with Crippen molar-refractivity contribution in [3.05, 3.63) is 20.8 Å². The van der Waals surface area contributed by atoms with Crippen LogP contribution < -0.4 is 5.56 Å². The number of carboxylic acids is 1. The van der Waals surface area contributed by atoms with Gasteiger partial charge in [0.25, 0.3) is 5.56 Å². The molecule has 6 heteroatoms. The molecule has 0 spiro atoms. The van der Waals surface area contributed by atoms with Crippen molar-refractivity contribution in [1.29, 1.82) is 0 Å². The molecule has 0 saturated heterocycles. The smallest absolute Gasteiger partial charge is 0.307 e. The second-order valence-corrected chi connectivity index (χ2v) is 5.44. The quantitative estimate of drug-likeness (QED) is 0.914. The Kier molecular flexibility index (Phi) is 3.30. The Balaban J connectivity index is 2.75. The molecule has 0 aliphatic carbocycles. The molecule has 98 valence electrons. The van der Waals surface area contributed by atoms with Crippen molar-refractivity contribution in [3.8, 4) is 0 Å². The molecule has 0 amide bonds. The van der Waals surface area contributed by atoms with Gasteiger partial charge in [0.05, 0.1) is 11.8 Å². The van der Waals surface area contributed by atoms with Gasteiger partial charge in [-0.15, -0.1) is 11.3 Å². The number of carbonyl (C=O) groups is 1. The van der Waals surface area contributed by atoms with Crippen molar-refractivity contribution in [2.24, 2.45) is 14.1 Å². The SMILES string of the molecule is CCCc1sc2c(c1CC(=O)O)c(=O)n(C)n2C. The van der Waals surface area contributed by atoms with Crippen LogP contribution in [0.15, 0.2) is 4.79 Å². The fraction of sp³-hybridized carbons (Fsp3) is 0.500. The highest BCUT2D eigenvalue weighted by Crippen LogP contribution is 2.30. The van der Waals surface area contributed by atoms with Gasteiger partial charge in [-0.1, -0.05) is 13.3 Å². The van der Waals surface area contributed by atoms with Crippen LogP contribution >= 0.6 is 11.3 Å². The number of thiophene rings is 1. The molecule has 0 aliphatic rings. The van der Waals surface area contributed by atoms with Crippen molar-refractivity contribution >= 4 is 27.5 Å². The van der Waals surface area contributed by atoms with Gasteiger partial charge in [0.1, 0.15) is 4.83 Å². The van der Waals surface area contributed by atoms with E-state index in [4.69, 9.17) is 5.11 Å². The fourth-order valence-electron chi connectivity index (χ4n) is 2.15. The Hall–Kier alpha value is -1.56. The average molecular weight is 268 g/mol. The maximum atomic E-state index is 12.1. The highest BCUT2D eigenvalue weighted by Gasteiger charge is 2.21. The zero-order valence-corrected chi connectivity index (χ0v) is 11.5. The molecule has 0 saturated carbocycles. The van der Waals surface area contributed by atoms with Crippen LogP contribution in [0.4, 0.5) is 0 Å². The topological polar surface area (TPSA) is 64.2 Å². The minimum atomic E-state index is -0.891. The van der Waals surface area contributed by atoms with Crippen molar-refractivity contribution in [2.45, 2.75) is 26.2 Å². The van der Waals surface area contributed by atoms with E-state index in [9.17, 15) is 9.59 Å². The molecule has 0 aliphatic heterocycles. The lowest BCUT2D eigenvalue weighted by molar-refractivity contribution is -0.136. The summed E-state index contributed by atoms with van der Waals surface area (Å²) in [6.07, 6.45) is 1.69. The molecule has 18 heavy (non-hydrogen) atoms. The number of nitrogens with zero attached hydrogens (tertiary/aromatic N) is 2. The average Bonchev–Trinajstić information content (AvgIpc) is 2.74. The van der Waals surface area contributed by atoms with Gasteiger partial charge in [0.15, 0.2) is 0 Å². The second kappa shape index (κ2) is 4.61. The van der Waals surface area contributed by atoms with Crippen LogP contribution in [0.2, 0.25) is 0 Å². The lowest BCUT2D eigenvalue weighted by Gasteiger charge is -2.01. The minimum absolute atomic E-state index is 0.0748. The van der Waals surface area contributed by atoms with Crippen molar-refractivity contribution in [3.63, 3.8) is 0 Å². The lowest BCUT2D eigenvalue weighted by Crippen LogP contribution is -2.18. The summed E-state index contributed by atoms with van der Waals surface area (Å²) in [5, 5.41) is 9.57. The standard InChI is InChI=1S/C12H16N2O3S/c1-4-5-8-7(6-9(15)16)10-11(17)13(2)14(3)12(10)18-8/h4-6H2,1-3H3,(H,15,16). The predicted molar refractivity (Wildman–Crippen MR) is 71.4 cm³/mol. The Morgan fingerprint density at radius 1 is 1.33 bits per heavy atom. The number of hydrogen-bond donors (Lipinski definition) is 1. The van der Waals surface area contributed by atoms with E-state index in [0.29, 0.717) is 10.9 Å². The first kappa shape index (κ1) is 12.9. The van der Waals surface area contributed by atoms with Gasteiger partial charge in [-0.25, -0.2) is 0 Å². The minimum Gasteiger partial charge on any atom is -0.481 e. The van der Waals surface area contributed by atoms with Crippen LogP contribution in [0.5, 0.6) is 0 Å². The van der Waals surface area contributed by atoms with Crippen molar-refractivity contribution in [2.75, 3.05) is 0 Å². The molecule has 2 aromatic rings. The second-order valence-electron chi connectivity index (χ2n) is 4.36. The largest absolute Gasteiger partial charge is 0.481 e. The lowest BCUT2D eigenvalue weighted by atomic mass is 10.1. The van der Waals surface area contributed by atoms with E-state index in [1.165, 1.54) is 16.0 Å². The molecule has 0 fully saturated rings. The third-order valence-electron chi connectivity index (χ3n) is 3.13. The summed E-state index contributed by atoms with van der Waals surface area (Å²) in [6, 6.07) is 0. The summed E-state index contributed by atoms with van der Waals surface area (Å²) in [4.78, 5) is 25.0. The number of rotatable bonds is 4. The highest BCUT2D eigenvalue weighted by atomic mass is 32.1. The maximum Gasteiger partial charge on any atom is 0.307 e. The summed E-state index contributed by atoms with van der Waals surface area (Å²) >= 11 is 1.53. The van der Waals surface area contributed by atoms with E-state index >= 15 is 0 Å². The molecule has 1 N–H and O–H groups in total. The van der Waals surface area contributed by atoms with Gasteiger partial charge in [-0.2, -0.15) is 0 Å². The van der Waals surface area contributed by atoms with E-state index in [1.54, 1.807) is 11.7 Å². The summed E-state index contributed by atoms with van der Waals surface area (Å²) in [5.41, 5.74) is 0.591. The zero-order valence-electron chi connectivity index (χ0n) is 10.7. The molecule has 2 heterocycles. The Morgan fingerprint density at radius 2 is 2.00 bits per heavy atom. The van der Waals surface area contributed by atoms with Crippen LogP contribution in [-0.2, 0) is 31.7 Å². The number of fused-ring (bicyclic) bond motifs is 1. The summed E-state index contributed by atoms with van der Waals surface area (Å²) in [6.45, 7) is 2.05. The first-order valence-corrected chi connectivity index (χ1v) is 6.67. The third kappa shape index (κ3) is 1.86.